The fourth-order valence-electron chi connectivity index (χ4n) is 2.59. The third kappa shape index (κ3) is 3.01. The Morgan fingerprint density at radius 2 is 1.87 bits per heavy atom. The fraction of sp³-hybridized carbons (Fsp3) is 0.333. The van der Waals surface area contributed by atoms with Gasteiger partial charge in [-0.2, -0.15) is 0 Å². The summed E-state index contributed by atoms with van der Waals surface area (Å²) in [7, 11) is 0. The summed E-state index contributed by atoms with van der Waals surface area (Å²) in [6.07, 6.45) is 0. The monoisotopic (exact) mass is 316 g/mol. The molecule has 23 heavy (non-hydrogen) atoms. The van der Waals surface area contributed by atoms with E-state index in [2.05, 4.69) is 10.6 Å². The van der Waals surface area contributed by atoms with Crippen LogP contribution >= 0.6 is 0 Å². The van der Waals surface area contributed by atoms with E-state index in [-0.39, 0.29) is 36.9 Å². The van der Waals surface area contributed by atoms with Gasteiger partial charge < -0.3 is 15.5 Å². The number of amides is 5. The van der Waals surface area contributed by atoms with Gasteiger partial charge in [0.1, 0.15) is 0 Å². The molecule has 2 aliphatic heterocycles. The first-order valence-electron chi connectivity index (χ1n) is 7.27. The van der Waals surface area contributed by atoms with E-state index in [0.717, 1.165) is 4.90 Å². The first-order chi connectivity index (χ1) is 11.1. The number of carbonyl (C=O) groups is 4. The SMILES string of the molecule is O=C(NCC(=O)N1CC(N2C(=O)CNC2=O)C1)c1ccccc1. The van der Waals surface area contributed by atoms with Gasteiger partial charge in [-0.25, -0.2) is 4.79 Å². The van der Waals surface area contributed by atoms with Gasteiger partial charge in [0.2, 0.25) is 11.8 Å². The first kappa shape index (κ1) is 15.0. The number of benzene rings is 1. The second kappa shape index (κ2) is 6.07. The minimum atomic E-state index is -0.413. The number of nitrogens with one attached hydrogen (secondary N) is 2. The summed E-state index contributed by atoms with van der Waals surface area (Å²) in [6, 6.07) is 7.93. The van der Waals surface area contributed by atoms with Crippen molar-refractivity contribution in [2.75, 3.05) is 26.2 Å². The van der Waals surface area contributed by atoms with Crippen molar-refractivity contribution in [2.45, 2.75) is 6.04 Å². The van der Waals surface area contributed by atoms with Gasteiger partial charge in [0.05, 0.1) is 19.1 Å². The second-order valence-corrected chi connectivity index (χ2v) is 5.42. The highest BCUT2D eigenvalue weighted by molar-refractivity contribution is 6.02. The standard InChI is InChI=1S/C15H16N4O4/c20-12(6-16-14(22)10-4-2-1-3-5-10)18-8-11(9-18)19-13(21)7-17-15(19)23/h1-5,11H,6-9H2,(H,16,22)(H,17,23). The zero-order valence-corrected chi connectivity index (χ0v) is 12.3. The summed E-state index contributed by atoms with van der Waals surface area (Å²) in [6.45, 7) is 0.509. The Labute approximate surface area is 132 Å². The summed E-state index contributed by atoms with van der Waals surface area (Å²) in [5, 5.41) is 5.01. The molecule has 0 spiro atoms. The quantitative estimate of drug-likeness (QED) is 0.709. The van der Waals surface area contributed by atoms with Crippen LogP contribution in [0, 0.1) is 0 Å². The van der Waals surface area contributed by atoms with Gasteiger partial charge in [0, 0.05) is 18.7 Å². The van der Waals surface area contributed by atoms with Gasteiger partial charge in [-0.1, -0.05) is 18.2 Å². The molecule has 1 aromatic carbocycles. The highest BCUT2D eigenvalue weighted by atomic mass is 16.2. The number of urea groups is 1. The van der Waals surface area contributed by atoms with Crippen molar-refractivity contribution in [3.63, 3.8) is 0 Å². The Morgan fingerprint density at radius 1 is 1.17 bits per heavy atom. The van der Waals surface area contributed by atoms with E-state index in [1.807, 2.05) is 0 Å². The zero-order chi connectivity index (χ0) is 16.4. The van der Waals surface area contributed by atoms with Crippen LogP contribution < -0.4 is 10.6 Å². The summed E-state index contributed by atoms with van der Waals surface area (Å²) < 4.78 is 0. The Hall–Kier alpha value is -2.90. The maximum absolute atomic E-state index is 12.0. The number of rotatable bonds is 4. The lowest BCUT2D eigenvalue weighted by Crippen LogP contribution is -2.63. The normalized spacial score (nSPS) is 17.7. The predicted molar refractivity (Wildman–Crippen MR) is 79.4 cm³/mol. The lowest BCUT2D eigenvalue weighted by Gasteiger charge is -2.42. The van der Waals surface area contributed by atoms with Crippen LogP contribution in [0.3, 0.4) is 0 Å². The second-order valence-electron chi connectivity index (χ2n) is 5.42. The maximum Gasteiger partial charge on any atom is 0.324 e. The molecule has 2 fully saturated rings. The molecule has 0 saturated carbocycles. The topological polar surface area (TPSA) is 98.8 Å². The first-order valence-corrected chi connectivity index (χ1v) is 7.27. The fourth-order valence-corrected chi connectivity index (χ4v) is 2.59. The molecule has 0 unspecified atom stereocenters. The van der Waals surface area contributed by atoms with Crippen LogP contribution in [0.4, 0.5) is 4.79 Å². The van der Waals surface area contributed by atoms with Crippen LogP contribution in [0.1, 0.15) is 10.4 Å². The minimum Gasteiger partial charge on any atom is -0.343 e. The third-order valence-corrected chi connectivity index (χ3v) is 3.89. The molecule has 120 valence electrons. The maximum atomic E-state index is 12.0. The zero-order valence-electron chi connectivity index (χ0n) is 12.3. The van der Waals surface area contributed by atoms with Crippen molar-refractivity contribution < 1.29 is 19.2 Å². The van der Waals surface area contributed by atoms with Gasteiger partial charge in [-0.15, -0.1) is 0 Å². The average Bonchev–Trinajstić information content (AvgIpc) is 2.84. The van der Waals surface area contributed by atoms with E-state index in [1.54, 1.807) is 30.3 Å². The summed E-state index contributed by atoms with van der Waals surface area (Å²) in [5.74, 6) is -0.827. The number of nitrogens with zero attached hydrogens (tertiary/aromatic N) is 2. The number of carbonyl (C=O) groups excluding carboxylic acids is 4. The molecule has 0 bridgehead atoms. The van der Waals surface area contributed by atoms with E-state index in [4.69, 9.17) is 0 Å². The van der Waals surface area contributed by atoms with Crippen molar-refractivity contribution >= 4 is 23.8 Å². The van der Waals surface area contributed by atoms with Crippen molar-refractivity contribution in [2.24, 2.45) is 0 Å². The Bertz CT molecular complexity index is 639. The molecule has 2 N–H and O–H groups in total. The van der Waals surface area contributed by atoms with Gasteiger partial charge in [0.15, 0.2) is 0 Å². The molecule has 8 heteroatoms. The summed E-state index contributed by atoms with van der Waals surface area (Å²) in [4.78, 5) is 49.6. The van der Waals surface area contributed by atoms with Crippen LogP contribution in [0.25, 0.3) is 0 Å². The largest absolute Gasteiger partial charge is 0.343 e. The molecular weight excluding hydrogens is 300 g/mol. The van der Waals surface area contributed by atoms with E-state index in [0.29, 0.717) is 18.7 Å². The van der Waals surface area contributed by atoms with Crippen LogP contribution in [-0.2, 0) is 9.59 Å². The van der Waals surface area contributed by atoms with E-state index >= 15 is 0 Å². The molecule has 0 aromatic heterocycles. The van der Waals surface area contributed by atoms with E-state index < -0.39 is 6.03 Å². The summed E-state index contributed by atoms with van der Waals surface area (Å²) in [5.41, 5.74) is 0.487. The Balaban J connectivity index is 1.45. The van der Waals surface area contributed by atoms with Gasteiger partial charge in [0.25, 0.3) is 5.91 Å². The molecule has 2 aliphatic rings. The molecule has 8 nitrogen and oxygen atoms in total. The molecule has 3 rings (SSSR count). The van der Waals surface area contributed by atoms with Crippen molar-refractivity contribution in [3.8, 4) is 0 Å². The lowest BCUT2D eigenvalue weighted by atomic mass is 10.1. The summed E-state index contributed by atoms with van der Waals surface area (Å²) >= 11 is 0. The minimum absolute atomic E-state index is 0.0103. The molecule has 1 aromatic rings. The Kier molecular flexibility index (Phi) is 3.96. The number of hydrogen-bond acceptors (Lipinski definition) is 4. The van der Waals surface area contributed by atoms with E-state index in [9.17, 15) is 19.2 Å². The van der Waals surface area contributed by atoms with Crippen LogP contribution in [0.5, 0.6) is 0 Å². The smallest absolute Gasteiger partial charge is 0.324 e. The predicted octanol–water partition coefficient (Wildman–Crippen LogP) is -0.821. The molecule has 0 radical (unpaired) electrons. The molecule has 2 saturated heterocycles. The number of likely N-dealkylation sites (tertiary alicyclic amines) is 1. The average molecular weight is 316 g/mol. The van der Waals surface area contributed by atoms with Crippen molar-refractivity contribution in [1.82, 2.24) is 20.4 Å². The Morgan fingerprint density at radius 3 is 2.48 bits per heavy atom. The van der Waals surface area contributed by atoms with Gasteiger partial charge in [-0.05, 0) is 12.1 Å². The molecule has 0 atom stereocenters. The lowest BCUT2D eigenvalue weighted by molar-refractivity contribution is -0.141. The molecule has 5 amide bonds. The molecule has 0 aliphatic carbocycles. The highest BCUT2D eigenvalue weighted by Crippen LogP contribution is 2.17. The molecular formula is C15H16N4O4. The molecule has 2 heterocycles. The van der Waals surface area contributed by atoms with Crippen molar-refractivity contribution in [3.05, 3.63) is 35.9 Å². The number of imide groups is 1. The van der Waals surface area contributed by atoms with Crippen LogP contribution in [-0.4, -0.2) is 65.8 Å². The van der Waals surface area contributed by atoms with Gasteiger partial charge >= 0.3 is 6.03 Å². The van der Waals surface area contributed by atoms with E-state index in [1.165, 1.54) is 4.90 Å². The third-order valence-electron chi connectivity index (χ3n) is 3.89. The van der Waals surface area contributed by atoms with Crippen LogP contribution in [0.15, 0.2) is 30.3 Å². The van der Waals surface area contributed by atoms with Crippen molar-refractivity contribution in [1.29, 1.82) is 0 Å². The highest BCUT2D eigenvalue weighted by Gasteiger charge is 2.42. The van der Waals surface area contributed by atoms with Gasteiger partial charge in [-0.3, -0.25) is 19.3 Å². The number of hydrogen-bond donors (Lipinski definition) is 2. The van der Waals surface area contributed by atoms with Crippen LogP contribution in [0.2, 0.25) is 0 Å².